The highest BCUT2D eigenvalue weighted by Crippen LogP contribution is 2.20. The number of hydrogen-bond acceptors (Lipinski definition) is 6. The average molecular weight is 263 g/mol. The van der Waals surface area contributed by atoms with Gasteiger partial charge in [0.1, 0.15) is 23.3 Å². The summed E-state index contributed by atoms with van der Waals surface area (Å²) < 4.78 is 5.08. The van der Waals surface area contributed by atoms with E-state index in [2.05, 4.69) is 10.3 Å². The first-order chi connectivity index (χ1) is 9.08. The van der Waals surface area contributed by atoms with Crippen LogP contribution in [-0.2, 0) is 6.54 Å². The quantitative estimate of drug-likeness (QED) is 0.624. The van der Waals surface area contributed by atoms with Crippen LogP contribution in [-0.4, -0.2) is 21.0 Å². The Bertz CT molecular complexity index is 609. The van der Waals surface area contributed by atoms with Gasteiger partial charge in [0, 0.05) is 6.07 Å². The number of rotatable bonds is 5. The zero-order valence-corrected chi connectivity index (χ0v) is 9.57. The number of nitrogens with zero attached hydrogens (tertiary/aromatic N) is 2. The molecule has 0 amide bonds. The number of carboxylic acid groups (broad SMARTS) is 1. The van der Waals surface area contributed by atoms with Crippen LogP contribution in [0.25, 0.3) is 0 Å². The van der Waals surface area contributed by atoms with Crippen LogP contribution < -0.4 is 5.32 Å². The third-order valence-corrected chi connectivity index (χ3v) is 2.33. The molecule has 0 saturated heterocycles. The van der Waals surface area contributed by atoms with Crippen molar-refractivity contribution in [2.45, 2.75) is 6.54 Å². The standard InChI is InChI=1S/C11H9N3O5/c15-11(16)8-4-10(13-6-9(8)14(17)18)12-5-7-2-1-3-19-7/h1-4,6H,5H2,(H,12,13)(H,15,16). The molecule has 8 heteroatoms. The largest absolute Gasteiger partial charge is 0.477 e. The molecule has 0 atom stereocenters. The SMILES string of the molecule is O=C(O)c1cc(NCc2ccco2)ncc1[N+](=O)[O-]. The van der Waals surface area contributed by atoms with Crippen molar-refractivity contribution in [2.24, 2.45) is 0 Å². The third kappa shape index (κ3) is 2.86. The molecule has 0 bridgehead atoms. The van der Waals surface area contributed by atoms with Crippen molar-refractivity contribution in [2.75, 3.05) is 5.32 Å². The van der Waals surface area contributed by atoms with Gasteiger partial charge in [-0.25, -0.2) is 9.78 Å². The molecule has 2 aromatic heterocycles. The molecule has 2 aromatic rings. The van der Waals surface area contributed by atoms with Crippen molar-refractivity contribution < 1.29 is 19.2 Å². The van der Waals surface area contributed by atoms with Crippen LogP contribution in [0.5, 0.6) is 0 Å². The Morgan fingerprint density at radius 1 is 1.58 bits per heavy atom. The number of hydrogen-bond donors (Lipinski definition) is 2. The highest BCUT2D eigenvalue weighted by atomic mass is 16.6. The van der Waals surface area contributed by atoms with Crippen LogP contribution in [0.4, 0.5) is 11.5 Å². The van der Waals surface area contributed by atoms with E-state index in [1.165, 1.54) is 6.26 Å². The fraction of sp³-hybridized carbons (Fsp3) is 0.0909. The van der Waals surface area contributed by atoms with E-state index in [1.54, 1.807) is 12.1 Å². The van der Waals surface area contributed by atoms with Crippen molar-refractivity contribution in [3.05, 3.63) is 52.1 Å². The minimum Gasteiger partial charge on any atom is -0.477 e. The summed E-state index contributed by atoms with van der Waals surface area (Å²) in [7, 11) is 0. The highest BCUT2D eigenvalue weighted by molar-refractivity contribution is 5.93. The molecule has 98 valence electrons. The molecule has 2 N–H and O–H groups in total. The molecular weight excluding hydrogens is 254 g/mol. The van der Waals surface area contributed by atoms with Crippen molar-refractivity contribution in [3.8, 4) is 0 Å². The summed E-state index contributed by atoms with van der Waals surface area (Å²) >= 11 is 0. The van der Waals surface area contributed by atoms with Gasteiger partial charge in [-0.1, -0.05) is 0 Å². The van der Waals surface area contributed by atoms with Gasteiger partial charge >= 0.3 is 11.7 Å². The highest BCUT2D eigenvalue weighted by Gasteiger charge is 2.20. The number of anilines is 1. The minimum absolute atomic E-state index is 0.222. The number of nitro groups is 1. The maximum Gasteiger partial charge on any atom is 0.342 e. The Labute approximate surface area is 106 Å². The van der Waals surface area contributed by atoms with Gasteiger partial charge in [0.15, 0.2) is 0 Å². The second kappa shape index (κ2) is 5.17. The number of carbonyl (C=O) groups is 1. The predicted octanol–water partition coefficient (Wildman–Crippen LogP) is 1.89. The van der Waals surface area contributed by atoms with Gasteiger partial charge in [-0.3, -0.25) is 10.1 Å². The Kier molecular flexibility index (Phi) is 3.42. The fourth-order valence-corrected chi connectivity index (χ4v) is 1.45. The molecule has 0 spiro atoms. The summed E-state index contributed by atoms with van der Waals surface area (Å²) in [4.78, 5) is 24.6. The predicted molar refractivity (Wildman–Crippen MR) is 63.9 cm³/mol. The monoisotopic (exact) mass is 263 g/mol. The fourth-order valence-electron chi connectivity index (χ4n) is 1.45. The van der Waals surface area contributed by atoms with E-state index in [1.807, 2.05) is 0 Å². The van der Waals surface area contributed by atoms with Crippen molar-refractivity contribution >= 4 is 17.5 Å². The molecule has 0 aliphatic heterocycles. The molecule has 0 radical (unpaired) electrons. The maximum atomic E-state index is 10.9. The van der Waals surface area contributed by atoms with E-state index >= 15 is 0 Å². The Morgan fingerprint density at radius 3 is 2.95 bits per heavy atom. The van der Waals surface area contributed by atoms with E-state index in [9.17, 15) is 14.9 Å². The minimum atomic E-state index is -1.38. The van der Waals surface area contributed by atoms with Crippen LogP contribution in [0.2, 0.25) is 0 Å². The normalized spacial score (nSPS) is 10.1. The van der Waals surface area contributed by atoms with E-state index in [4.69, 9.17) is 9.52 Å². The molecule has 0 unspecified atom stereocenters. The van der Waals surface area contributed by atoms with Gasteiger partial charge < -0.3 is 14.8 Å². The lowest BCUT2D eigenvalue weighted by Gasteiger charge is -2.04. The summed E-state index contributed by atoms with van der Waals surface area (Å²) in [5.41, 5.74) is -0.960. The summed E-state index contributed by atoms with van der Waals surface area (Å²) in [6, 6.07) is 4.56. The van der Waals surface area contributed by atoms with E-state index in [0.717, 1.165) is 12.3 Å². The summed E-state index contributed by atoms with van der Waals surface area (Å²) in [5, 5.41) is 22.4. The zero-order chi connectivity index (χ0) is 13.8. The molecule has 8 nitrogen and oxygen atoms in total. The van der Waals surface area contributed by atoms with Gasteiger partial charge in [0.05, 0.1) is 17.7 Å². The molecule has 0 fully saturated rings. The number of carboxylic acids is 1. The molecule has 2 heterocycles. The van der Waals surface area contributed by atoms with Crippen molar-refractivity contribution in [1.82, 2.24) is 4.98 Å². The van der Waals surface area contributed by atoms with Crippen LogP contribution in [0.15, 0.2) is 35.1 Å². The first kappa shape index (κ1) is 12.6. The number of pyridine rings is 1. The molecule has 0 aromatic carbocycles. The first-order valence-electron chi connectivity index (χ1n) is 5.22. The van der Waals surface area contributed by atoms with Crippen LogP contribution in [0, 0.1) is 10.1 Å². The molecule has 0 aliphatic carbocycles. The smallest absolute Gasteiger partial charge is 0.342 e. The molecule has 0 saturated carbocycles. The van der Waals surface area contributed by atoms with Crippen molar-refractivity contribution in [1.29, 1.82) is 0 Å². The van der Waals surface area contributed by atoms with E-state index < -0.39 is 22.1 Å². The Balaban J connectivity index is 2.20. The number of aromatic carboxylic acids is 1. The average Bonchev–Trinajstić information content (AvgIpc) is 2.88. The molecule has 19 heavy (non-hydrogen) atoms. The molecule has 0 aliphatic rings. The van der Waals surface area contributed by atoms with E-state index in [0.29, 0.717) is 12.3 Å². The Morgan fingerprint density at radius 2 is 2.37 bits per heavy atom. The van der Waals surface area contributed by atoms with Gasteiger partial charge in [-0.2, -0.15) is 0 Å². The van der Waals surface area contributed by atoms with Crippen LogP contribution in [0.1, 0.15) is 16.1 Å². The molecule has 2 rings (SSSR count). The van der Waals surface area contributed by atoms with Crippen molar-refractivity contribution in [3.63, 3.8) is 0 Å². The van der Waals surface area contributed by atoms with Crippen LogP contribution in [0.3, 0.4) is 0 Å². The van der Waals surface area contributed by atoms with Gasteiger partial charge in [-0.15, -0.1) is 0 Å². The second-order valence-corrected chi connectivity index (χ2v) is 3.58. The number of furan rings is 1. The lowest BCUT2D eigenvalue weighted by Crippen LogP contribution is -2.07. The second-order valence-electron chi connectivity index (χ2n) is 3.58. The third-order valence-electron chi connectivity index (χ3n) is 2.33. The number of aromatic nitrogens is 1. The number of nitrogens with one attached hydrogen (secondary N) is 1. The summed E-state index contributed by atoms with van der Waals surface area (Å²) in [6.45, 7) is 0.302. The lowest BCUT2D eigenvalue weighted by atomic mass is 10.2. The summed E-state index contributed by atoms with van der Waals surface area (Å²) in [5.74, 6) is -0.522. The summed E-state index contributed by atoms with van der Waals surface area (Å²) in [6.07, 6.45) is 2.41. The maximum absolute atomic E-state index is 10.9. The van der Waals surface area contributed by atoms with Crippen LogP contribution >= 0.6 is 0 Å². The van der Waals surface area contributed by atoms with Gasteiger partial charge in [-0.05, 0) is 12.1 Å². The van der Waals surface area contributed by atoms with Gasteiger partial charge in [0.25, 0.3) is 0 Å². The Hall–Kier alpha value is -2.90. The molecular formula is C11H9N3O5. The zero-order valence-electron chi connectivity index (χ0n) is 9.57. The first-order valence-corrected chi connectivity index (χ1v) is 5.22. The van der Waals surface area contributed by atoms with E-state index in [-0.39, 0.29) is 5.82 Å². The topological polar surface area (TPSA) is 118 Å². The van der Waals surface area contributed by atoms with Gasteiger partial charge in [0.2, 0.25) is 0 Å². The lowest BCUT2D eigenvalue weighted by molar-refractivity contribution is -0.385.